The van der Waals surface area contributed by atoms with Crippen molar-refractivity contribution in [2.45, 2.75) is 38.1 Å². The van der Waals surface area contributed by atoms with E-state index in [4.69, 9.17) is 0 Å². The minimum atomic E-state index is 0.132. The zero-order valence-electron chi connectivity index (χ0n) is 14.3. The average Bonchev–Trinajstić information content (AvgIpc) is 3.06. The SMILES string of the molecule is CN(C(=O)CNc1cccc(-c2nnnn2C)c1)C1CCCCC1. The molecule has 1 saturated carbocycles. The van der Waals surface area contributed by atoms with E-state index in [1.807, 2.05) is 36.2 Å². The summed E-state index contributed by atoms with van der Waals surface area (Å²) < 4.78 is 1.63. The van der Waals surface area contributed by atoms with Crippen LogP contribution < -0.4 is 5.32 Å². The van der Waals surface area contributed by atoms with Crippen molar-refractivity contribution in [1.82, 2.24) is 25.1 Å². The Balaban J connectivity index is 1.60. The predicted octanol–water partition coefficient (Wildman–Crippen LogP) is 2.08. The van der Waals surface area contributed by atoms with Gasteiger partial charge < -0.3 is 10.2 Å². The number of hydrogen-bond acceptors (Lipinski definition) is 5. The molecule has 0 aliphatic heterocycles. The molecular formula is C17H24N6O. The van der Waals surface area contributed by atoms with Crippen LogP contribution in [0.25, 0.3) is 11.4 Å². The monoisotopic (exact) mass is 328 g/mol. The third-order valence-electron chi connectivity index (χ3n) is 4.70. The van der Waals surface area contributed by atoms with Crippen molar-refractivity contribution in [1.29, 1.82) is 0 Å². The highest BCUT2D eigenvalue weighted by molar-refractivity contribution is 5.81. The van der Waals surface area contributed by atoms with Crippen molar-refractivity contribution in [2.24, 2.45) is 7.05 Å². The van der Waals surface area contributed by atoms with Gasteiger partial charge in [-0.1, -0.05) is 31.4 Å². The molecule has 3 rings (SSSR count). The lowest BCUT2D eigenvalue weighted by Crippen LogP contribution is -2.41. The normalized spacial score (nSPS) is 15.2. The summed E-state index contributed by atoms with van der Waals surface area (Å²) in [7, 11) is 3.72. The van der Waals surface area contributed by atoms with E-state index >= 15 is 0 Å². The molecule has 1 amide bonds. The Kier molecular flexibility index (Phi) is 5.08. The van der Waals surface area contributed by atoms with E-state index in [-0.39, 0.29) is 5.91 Å². The fourth-order valence-corrected chi connectivity index (χ4v) is 3.22. The minimum Gasteiger partial charge on any atom is -0.376 e. The molecule has 1 heterocycles. The van der Waals surface area contributed by atoms with Crippen molar-refractivity contribution >= 4 is 11.6 Å². The van der Waals surface area contributed by atoms with Gasteiger partial charge in [0.05, 0.1) is 6.54 Å². The number of nitrogens with one attached hydrogen (secondary N) is 1. The van der Waals surface area contributed by atoms with Crippen molar-refractivity contribution in [2.75, 3.05) is 18.9 Å². The molecule has 1 aromatic heterocycles. The Morgan fingerprint density at radius 3 is 2.83 bits per heavy atom. The molecule has 0 atom stereocenters. The number of anilines is 1. The number of aromatic nitrogens is 4. The van der Waals surface area contributed by atoms with Crippen molar-refractivity contribution in [3.63, 3.8) is 0 Å². The van der Waals surface area contributed by atoms with Crippen molar-refractivity contribution in [3.8, 4) is 11.4 Å². The molecule has 0 unspecified atom stereocenters. The topological polar surface area (TPSA) is 75.9 Å². The van der Waals surface area contributed by atoms with Gasteiger partial charge in [-0.3, -0.25) is 4.79 Å². The number of hydrogen-bond donors (Lipinski definition) is 1. The third-order valence-corrected chi connectivity index (χ3v) is 4.70. The predicted molar refractivity (Wildman–Crippen MR) is 92.4 cm³/mol. The van der Waals surface area contributed by atoms with Crippen LogP contribution in [0.4, 0.5) is 5.69 Å². The van der Waals surface area contributed by atoms with E-state index < -0.39 is 0 Å². The number of carbonyl (C=O) groups excluding carboxylic acids is 1. The molecule has 1 fully saturated rings. The summed E-state index contributed by atoms with van der Waals surface area (Å²) in [6, 6.07) is 8.18. The van der Waals surface area contributed by atoms with Gasteiger partial charge in [-0.2, -0.15) is 0 Å². The quantitative estimate of drug-likeness (QED) is 0.909. The summed E-state index contributed by atoms with van der Waals surface area (Å²) in [6.45, 7) is 0.299. The number of aryl methyl sites for hydroxylation is 1. The van der Waals surface area contributed by atoms with E-state index in [1.165, 1.54) is 19.3 Å². The Hall–Kier alpha value is -2.44. The maximum Gasteiger partial charge on any atom is 0.241 e. The van der Waals surface area contributed by atoms with Crippen LogP contribution in [0.1, 0.15) is 32.1 Å². The number of benzene rings is 1. The molecule has 1 aromatic carbocycles. The maximum atomic E-state index is 12.4. The van der Waals surface area contributed by atoms with Gasteiger partial charge >= 0.3 is 0 Å². The van der Waals surface area contributed by atoms with E-state index in [2.05, 4.69) is 20.8 Å². The van der Waals surface area contributed by atoms with Crippen LogP contribution in [0.5, 0.6) is 0 Å². The Bertz CT molecular complexity index is 692. The molecule has 2 aromatic rings. The second-order valence-corrected chi connectivity index (χ2v) is 6.36. The average molecular weight is 328 g/mol. The van der Waals surface area contributed by atoms with Crippen molar-refractivity contribution in [3.05, 3.63) is 24.3 Å². The highest BCUT2D eigenvalue weighted by Gasteiger charge is 2.21. The molecule has 7 heteroatoms. The van der Waals surface area contributed by atoms with E-state index in [1.54, 1.807) is 11.7 Å². The van der Waals surface area contributed by atoms with Crippen LogP contribution in [-0.2, 0) is 11.8 Å². The highest BCUT2D eigenvalue weighted by Crippen LogP contribution is 2.22. The van der Waals surface area contributed by atoms with Gasteiger partial charge in [-0.05, 0) is 35.4 Å². The molecule has 0 radical (unpaired) electrons. The first-order valence-electron chi connectivity index (χ1n) is 8.47. The zero-order chi connectivity index (χ0) is 16.9. The fraction of sp³-hybridized carbons (Fsp3) is 0.529. The van der Waals surface area contributed by atoms with Crippen LogP contribution in [0.3, 0.4) is 0 Å². The van der Waals surface area contributed by atoms with E-state index in [0.29, 0.717) is 18.4 Å². The molecule has 1 aliphatic carbocycles. The molecule has 0 saturated heterocycles. The van der Waals surface area contributed by atoms with Crippen LogP contribution in [0.2, 0.25) is 0 Å². The fourth-order valence-electron chi connectivity index (χ4n) is 3.22. The Labute approximate surface area is 142 Å². The van der Waals surface area contributed by atoms with Crippen LogP contribution in [-0.4, -0.2) is 50.6 Å². The lowest BCUT2D eigenvalue weighted by molar-refractivity contribution is -0.130. The molecule has 1 aliphatic rings. The third kappa shape index (κ3) is 3.72. The molecular weight excluding hydrogens is 304 g/mol. The summed E-state index contributed by atoms with van der Waals surface area (Å²) in [5, 5.41) is 14.7. The second kappa shape index (κ2) is 7.42. The summed E-state index contributed by atoms with van der Waals surface area (Å²) in [5.41, 5.74) is 1.81. The second-order valence-electron chi connectivity index (χ2n) is 6.36. The number of carbonyl (C=O) groups is 1. The van der Waals surface area contributed by atoms with E-state index in [9.17, 15) is 4.79 Å². The van der Waals surface area contributed by atoms with Gasteiger partial charge in [0, 0.05) is 31.4 Å². The number of tetrazole rings is 1. The first-order chi connectivity index (χ1) is 11.6. The minimum absolute atomic E-state index is 0.132. The van der Waals surface area contributed by atoms with Gasteiger partial charge in [0.2, 0.25) is 5.91 Å². The van der Waals surface area contributed by atoms with Gasteiger partial charge in [0.25, 0.3) is 0 Å². The van der Waals surface area contributed by atoms with Gasteiger partial charge in [-0.25, -0.2) is 4.68 Å². The van der Waals surface area contributed by atoms with Crippen LogP contribution in [0.15, 0.2) is 24.3 Å². The Morgan fingerprint density at radius 2 is 2.12 bits per heavy atom. The molecule has 128 valence electrons. The smallest absolute Gasteiger partial charge is 0.241 e. The van der Waals surface area contributed by atoms with Crippen LogP contribution >= 0.6 is 0 Å². The summed E-state index contributed by atoms with van der Waals surface area (Å²) >= 11 is 0. The molecule has 1 N–H and O–H groups in total. The summed E-state index contributed by atoms with van der Waals surface area (Å²) in [4.78, 5) is 14.3. The maximum absolute atomic E-state index is 12.4. The van der Waals surface area contributed by atoms with Crippen molar-refractivity contribution < 1.29 is 4.79 Å². The first-order valence-corrected chi connectivity index (χ1v) is 8.47. The summed E-state index contributed by atoms with van der Waals surface area (Å²) in [6.07, 6.45) is 5.99. The first kappa shape index (κ1) is 16.4. The lowest BCUT2D eigenvalue weighted by atomic mass is 9.94. The van der Waals surface area contributed by atoms with Gasteiger partial charge in [-0.15, -0.1) is 5.10 Å². The number of rotatable bonds is 5. The lowest BCUT2D eigenvalue weighted by Gasteiger charge is -2.31. The zero-order valence-corrected chi connectivity index (χ0v) is 14.3. The van der Waals surface area contributed by atoms with Gasteiger partial charge in [0.15, 0.2) is 5.82 Å². The van der Waals surface area contributed by atoms with Crippen LogP contribution in [0, 0.1) is 0 Å². The molecule has 0 spiro atoms. The largest absolute Gasteiger partial charge is 0.376 e. The number of nitrogens with zero attached hydrogens (tertiary/aromatic N) is 5. The number of amides is 1. The standard InChI is InChI=1S/C17H24N6O/c1-22(15-9-4-3-5-10-15)16(24)12-18-14-8-6-7-13(11-14)17-19-20-21-23(17)2/h6-8,11,15,18H,3-5,9-10,12H2,1-2H3. The highest BCUT2D eigenvalue weighted by atomic mass is 16.2. The molecule has 0 bridgehead atoms. The molecule has 7 nitrogen and oxygen atoms in total. The van der Waals surface area contributed by atoms with Gasteiger partial charge in [0.1, 0.15) is 0 Å². The van der Waals surface area contributed by atoms with E-state index in [0.717, 1.165) is 24.1 Å². The summed E-state index contributed by atoms with van der Waals surface area (Å²) in [5.74, 6) is 0.830. The number of likely N-dealkylation sites (N-methyl/N-ethyl adjacent to an activating group) is 1. The molecule has 24 heavy (non-hydrogen) atoms. The Morgan fingerprint density at radius 1 is 1.33 bits per heavy atom.